The summed E-state index contributed by atoms with van der Waals surface area (Å²) >= 11 is 0. The summed E-state index contributed by atoms with van der Waals surface area (Å²) in [6.07, 6.45) is 3.77. The SMILES string of the molecule is CCCCc1ccc([Si](C)(C)c2ccccc2)cc1. The fourth-order valence-electron chi connectivity index (χ4n) is 2.49. The molecule has 0 heterocycles. The molecular formula is C18H24Si. The Kier molecular flexibility index (Phi) is 4.59. The van der Waals surface area contributed by atoms with Crippen LogP contribution in [0, 0.1) is 0 Å². The molecule has 0 saturated heterocycles. The third-order valence-corrected chi connectivity index (χ3v) is 7.54. The van der Waals surface area contributed by atoms with Crippen molar-refractivity contribution in [2.24, 2.45) is 0 Å². The summed E-state index contributed by atoms with van der Waals surface area (Å²) in [7, 11) is -1.51. The summed E-state index contributed by atoms with van der Waals surface area (Å²) in [5.74, 6) is 0. The molecule has 0 spiro atoms. The molecule has 0 aliphatic heterocycles. The number of unbranched alkanes of at least 4 members (excludes halogenated alkanes) is 1. The Morgan fingerprint density at radius 1 is 0.789 bits per heavy atom. The van der Waals surface area contributed by atoms with Crippen LogP contribution in [0.5, 0.6) is 0 Å². The Hall–Kier alpha value is -1.34. The van der Waals surface area contributed by atoms with E-state index in [4.69, 9.17) is 0 Å². The second kappa shape index (κ2) is 6.20. The van der Waals surface area contributed by atoms with Crippen molar-refractivity contribution in [3.8, 4) is 0 Å². The molecule has 0 bridgehead atoms. The van der Waals surface area contributed by atoms with Crippen LogP contribution in [0.3, 0.4) is 0 Å². The van der Waals surface area contributed by atoms with Crippen molar-refractivity contribution < 1.29 is 0 Å². The molecule has 1 heteroatoms. The average molecular weight is 268 g/mol. The van der Waals surface area contributed by atoms with Gasteiger partial charge in [0.1, 0.15) is 8.07 Å². The molecule has 0 aliphatic carbocycles. The van der Waals surface area contributed by atoms with Crippen LogP contribution in [0.2, 0.25) is 13.1 Å². The first-order valence-corrected chi connectivity index (χ1v) is 10.3. The summed E-state index contributed by atoms with van der Waals surface area (Å²) in [5.41, 5.74) is 1.48. The minimum absolute atomic E-state index is 1.21. The molecule has 100 valence electrons. The van der Waals surface area contributed by atoms with Crippen molar-refractivity contribution in [1.82, 2.24) is 0 Å². The van der Waals surface area contributed by atoms with Gasteiger partial charge in [0.15, 0.2) is 0 Å². The second-order valence-corrected chi connectivity index (χ2v) is 10.2. The van der Waals surface area contributed by atoms with Crippen LogP contribution in [0.4, 0.5) is 0 Å². The fourth-order valence-corrected chi connectivity index (χ4v) is 4.85. The number of aryl methyl sites for hydroxylation is 1. The molecule has 0 unspecified atom stereocenters. The molecule has 2 rings (SSSR count). The predicted octanol–water partition coefficient (Wildman–Crippen LogP) is 3.85. The van der Waals surface area contributed by atoms with Crippen molar-refractivity contribution >= 4 is 18.4 Å². The third-order valence-electron chi connectivity index (χ3n) is 3.99. The standard InChI is InChI=1S/C18H24Si/c1-4-5-9-16-12-14-18(15-13-16)19(2,3)17-10-7-6-8-11-17/h6-8,10-15H,4-5,9H2,1-3H3. The first kappa shape index (κ1) is 14.1. The molecule has 0 aromatic heterocycles. The van der Waals surface area contributed by atoms with E-state index in [9.17, 15) is 0 Å². The lowest BCUT2D eigenvalue weighted by Crippen LogP contribution is -2.52. The molecule has 0 saturated carbocycles. The minimum Gasteiger partial charge on any atom is -0.0654 e. The molecule has 0 atom stereocenters. The van der Waals surface area contributed by atoms with Gasteiger partial charge in [-0.3, -0.25) is 0 Å². The Bertz CT molecular complexity index is 497. The predicted molar refractivity (Wildman–Crippen MR) is 88.2 cm³/mol. The van der Waals surface area contributed by atoms with Gasteiger partial charge in [-0.05, 0) is 18.4 Å². The topological polar surface area (TPSA) is 0 Å². The van der Waals surface area contributed by atoms with Crippen molar-refractivity contribution in [1.29, 1.82) is 0 Å². The van der Waals surface area contributed by atoms with Gasteiger partial charge in [-0.1, -0.05) is 91.4 Å². The summed E-state index contributed by atoms with van der Waals surface area (Å²) in [4.78, 5) is 0. The van der Waals surface area contributed by atoms with Gasteiger partial charge >= 0.3 is 0 Å². The zero-order chi connectivity index (χ0) is 13.7. The summed E-state index contributed by atoms with van der Waals surface area (Å²) in [5, 5.41) is 3.04. The number of rotatable bonds is 5. The number of benzene rings is 2. The average Bonchev–Trinajstić information content (AvgIpc) is 2.46. The lowest BCUT2D eigenvalue weighted by molar-refractivity contribution is 0.795. The maximum Gasteiger partial charge on any atom is 0.112 e. The van der Waals surface area contributed by atoms with Crippen LogP contribution in [-0.4, -0.2) is 8.07 Å². The van der Waals surface area contributed by atoms with Gasteiger partial charge in [-0.25, -0.2) is 0 Å². The van der Waals surface area contributed by atoms with Crippen molar-refractivity contribution in [2.45, 2.75) is 39.3 Å². The normalized spacial score (nSPS) is 11.5. The Morgan fingerprint density at radius 3 is 1.95 bits per heavy atom. The van der Waals surface area contributed by atoms with Crippen LogP contribution in [0.15, 0.2) is 54.6 Å². The summed E-state index contributed by atoms with van der Waals surface area (Å²) in [6.45, 7) is 7.12. The van der Waals surface area contributed by atoms with Gasteiger partial charge in [0, 0.05) is 0 Å². The van der Waals surface area contributed by atoms with E-state index >= 15 is 0 Å². The molecule has 19 heavy (non-hydrogen) atoms. The maximum atomic E-state index is 2.43. The molecule has 0 fully saturated rings. The van der Waals surface area contributed by atoms with Crippen LogP contribution in [-0.2, 0) is 6.42 Å². The third kappa shape index (κ3) is 3.36. The number of hydrogen-bond acceptors (Lipinski definition) is 0. The van der Waals surface area contributed by atoms with E-state index in [1.807, 2.05) is 0 Å². The monoisotopic (exact) mass is 268 g/mol. The highest BCUT2D eigenvalue weighted by molar-refractivity contribution is 7.00. The van der Waals surface area contributed by atoms with E-state index < -0.39 is 8.07 Å². The highest BCUT2D eigenvalue weighted by Gasteiger charge is 2.25. The fraction of sp³-hybridized carbons (Fsp3) is 0.333. The quantitative estimate of drug-likeness (QED) is 0.723. The van der Waals surface area contributed by atoms with Crippen LogP contribution in [0.1, 0.15) is 25.3 Å². The lowest BCUT2D eigenvalue weighted by atomic mass is 10.1. The molecular weight excluding hydrogens is 244 g/mol. The van der Waals surface area contributed by atoms with Gasteiger partial charge in [-0.2, -0.15) is 0 Å². The molecule has 0 amide bonds. The maximum absolute atomic E-state index is 2.43. The van der Waals surface area contributed by atoms with Gasteiger partial charge in [0.2, 0.25) is 0 Å². The van der Waals surface area contributed by atoms with Gasteiger partial charge in [0.05, 0.1) is 0 Å². The van der Waals surface area contributed by atoms with E-state index in [2.05, 4.69) is 74.6 Å². The molecule has 0 aliphatic rings. The van der Waals surface area contributed by atoms with Gasteiger partial charge < -0.3 is 0 Å². The van der Waals surface area contributed by atoms with E-state index in [0.29, 0.717) is 0 Å². The minimum atomic E-state index is -1.51. The first-order chi connectivity index (χ1) is 9.14. The zero-order valence-electron chi connectivity index (χ0n) is 12.3. The summed E-state index contributed by atoms with van der Waals surface area (Å²) in [6, 6.07) is 20.3. The molecule has 0 N–H and O–H groups in total. The van der Waals surface area contributed by atoms with Crippen LogP contribution >= 0.6 is 0 Å². The molecule has 2 aromatic carbocycles. The summed E-state index contributed by atoms with van der Waals surface area (Å²) < 4.78 is 0. The largest absolute Gasteiger partial charge is 0.112 e. The molecule has 2 aromatic rings. The van der Waals surface area contributed by atoms with Crippen LogP contribution < -0.4 is 10.4 Å². The Balaban J connectivity index is 2.21. The van der Waals surface area contributed by atoms with Gasteiger partial charge in [-0.15, -0.1) is 0 Å². The molecule has 0 radical (unpaired) electrons. The van der Waals surface area contributed by atoms with E-state index in [-0.39, 0.29) is 0 Å². The molecule has 0 nitrogen and oxygen atoms in total. The zero-order valence-corrected chi connectivity index (χ0v) is 13.3. The first-order valence-electron chi connectivity index (χ1n) is 7.29. The van der Waals surface area contributed by atoms with E-state index in [1.54, 1.807) is 0 Å². The van der Waals surface area contributed by atoms with Crippen molar-refractivity contribution in [2.75, 3.05) is 0 Å². The Morgan fingerprint density at radius 2 is 1.37 bits per heavy atom. The number of hydrogen-bond donors (Lipinski definition) is 0. The van der Waals surface area contributed by atoms with E-state index in [0.717, 1.165) is 0 Å². The highest BCUT2D eigenvalue weighted by atomic mass is 28.3. The van der Waals surface area contributed by atoms with Crippen LogP contribution in [0.25, 0.3) is 0 Å². The highest BCUT2D eigenvalue weighted by Crippen LogP contribution is 2.08. The van der Waals surface area contributed by atoms with Gasteiger partial charge in [0.25, 0.3) is 0 Å². The Labute approximate surface area is 118 Å². The van der Waals surface area contributed by atoms with Crippen molar-refractivity contribution in [3.63, 3.8) is 0 Å². The lowest BCUT2D eigenvalue weighted by Gasteiger charge is -2.23. The smallest absolute Gasteiger partial charge is 0.0654 e. The van der Waals surface area contributed by atoms with Crippen molar-refractivity contribution in [3.05, 3.63) is 60.2 Å². The van der Waals surface area contributed by atoms with E-state index in [1.165, 1.54) is 35.2 Å². The second-order valence-electron chi connectivity index (χ2n) is 5.79.